The Morgan fingerprint density at radius 1 is 0.532 bits per heavy atom. The number of carbonyl (C=O) groups excluding carboxylic acids is 1. The van der Waals surface area contributed by atoms with Crippen LogP contribution in [0.5, 0.6) is 0 Å². The van der Waals surface area contributed by atoms with E-state index in [1.165, 1.54) is 128 Å². The number of allylic oxidation sites excluding steroid dienone is 8. The molecule has 1 N–H and O–H groups in total. The molecular formula is C43H78O4. The highest BCUT2D eigenvalue weighted by atomic mass is 16.6. The van der Waals surface area contributed by atoms with Gasteiger partial charge in [0.2, 0.25) is 0 Å². The standard InChI is InChI=1S/C43H78O4/c1-3-5-7-9-11-13-15-16-17-18-19-20-21-22-23-24-25-26-27-29-31-33-35-37-39-46-41-42(40-44)47-43(45)38-36-34-32-30-28-14-12-10-8-6-4-2/h5,7,11,13,16-17,19-20,42,44H,3-4,6,8-10,12,14-15,18,21-41H2,1-2H3/b7-5-,13-11-,17-16-,20-19-. The van der Waals surface area contributed by atoms with Crippen LogP contribution in [0.3, 0.4) is 0 Å². The molecule has 47 heavy (non-hydrogen) atoms. The molecule has 0 aromatic heterocycles. The fourth-order valence-corrected chi connectivity index (χ4v) is 5.67. The first-order chi connectivity index (χ1) is 23.2. The summed E-state index contributed by atoms with van der Waals surface area (Å²) in [5.41, 5.74) is 0. The maximum atomic E-state index is 12.1. The molecule has 0 saturated heterocycles. The summed E-state index contributed by atoms with van der Waals surface area (Å²) < 4.78 is 11.1. The normalized spacial score (nSPS) is 12.8. The van der Waals surface area contributed by atoms with Gasteiger partial charge in [-0.15, -0.1) is 0 Å². The molecular weight excluding hydrogens is 580 g/mol. The summed E-state index contributed by atoms with van der Waals surface area (Å²) in [6.45, 7) is 5.23. The Labute approximate surface area is 292 Å². The topological polar surface area (TPSA) is 55.8 Å². The number of ether oxygens (including phenoxy) is 2. The van der Waals surface area contributed by atoms with E-state index < -0.39 is 6.10 Å². The Bertz CT molecular complexity index is 738. The fourth-order valence-electron chi connectivity index (χ4n) is 5.67. The van der Waals surface area contributed by atoms with Crippen LogP contribution in [0.15, 0.2) is 48.6 Å². The van der Waals surface area contributed by atoms with Gasteiger partial charge in [-0.05, 0) is 51.4 Å². The van der Waals surface area contributed by atoms with Crippen LogP contribution in [0, 0.1) is 0 Å². The van der Waals surface area contributed by atoms with Crippen molar-refractivity contribution in [2.24, 2.45) is 0 Å². The van der Waals surface area contributed by atoms with Crippen molar-refractivity contribution in [3.63, 3.8) is 0 Å². The molecule has 0 aliphatic carbocycles. The highest BCUT2D eigenvalue weighted by molar-refractivity contribution is 5.69. The fraction of sp³-hybridized carbons (Fsp3) is 0.791. The molecule has 0 bridgehead atoms. The van der Waals surface area contributed by atoms with Crippen molar-refractivity contribution >= 4 is 5.97 Å². The van der Waals surface area contributed by atoms with E-state index in [4.69, 9.17) is 9.47 Å². The summed E-state index contributed by atoms with van der Waals surface area (Å²) in [6.07, 6.45) is 51.7. The predicted octanol–water partition coefficient (Wildman–Crippen LogP) is 13.1. The zero-order valence-corrected chi connectivity index (χ0v) is 31.3. The van der Waals surface area contributed by atoms with Gasteiger partial charge in [0.15, 0.2) is 0 Å². The maximum Gasteiger partial charge on any atom is 0.306 e. The van der Waals surface area contributed by atoms with Crippen molar-refractivity contribution < 1.29 is 19.4 Å². The largest absolute Gasteiger partial charge is 0.457 e. The number of carbonyl (C=O) groups is 1. The van der Waals surface area contributed by atoms with E-state index in [1.807, 2.05) is 0 Å². The molecule has 4 heteroatoms. The van der Waals surface area contributed by atoms with Crippen LogP contribution < -0.4 is 0 Å². The number of hydrogen-bond acceptors (Lipinski definition) is 4. The molecule has 0 saturated carbocycles. The van der Waals surface area contributed by atoms with Gasteiger partial charge in [0.25, 0.3) is 0 Å². The number of rotatable bonds is 37. The van der Waals surface area contributed by atoms with Crippen LogP contribution in [-0.2, 0) is 14.3 Å². The van der Waals surface area contributed by atoms with Crippen LogP contribution in [0.1, 0.15) is 194 Å². The molecule has 0 rings (SSSR count). The maximum absolute atomic E-state index is 12.1. The first-order valence-electron chi connectivity index (χ1n) is 20.2. The van der Waals surface area contributed by atoms with Gasteiger partial charge < -0.3 is 14.6 Å². The molecule has 0 aromatic carbocycles. The number of aliphatic hydroxyl groups is 1. The summed E-state index contributed by atoms with van der Waals surface area (Å²) in [7, 11) is 0. The summed E-state index contributed by atoms with van der Waals surface area (Å²) >= 11 is 0. The van der Waals surface area contributed by atoms with Crippen LogP contribution in [0.2, 0.25) is 0 Å². The molecule has 1 unspecified atom stereocenters. The second kappa shape index (κ2) is 40.5. The smallest absolute Gasteiger partial charge is 0.306 e. The monoisotopic (exact) mass is 659 g/mol. The quantitative estimate of drug-likeness (QED) is 0.0410. The molecule has 0 fully saturated rings. The van der Waals surface area contributed by atoms with Gasteiger partial charge in [0.05, 0.1) is 13.2 Å². The minimum absolute atomic E-state index is 0.171. The number of aliphatic hydroxyl groups excluding tert-OH is 1. The lowest BCUT2D eigenvalue weighted by Gasteiger charge is -2.16. The Hall–Kier alpha value is -1.65. The lowest BCUT2D eigenvalue weighted by atomic mass is 10.1. The second-order valence-corrected chi connectivity index (χ2v) is 13.3. The number of esters is 1. The van der Waals surface area contributed by atoms with Crippen molar-refractivity contribution in [2.75, 3.05) is 19.8 Å². The third-order valence-electron chi connectivity index (χ3n) is 8.67. The van der Waals surface area contributed by atoms with Crippen LogP contribution in [0.25, 0.3) is 0 Å². The van der Waals surface area contributed by atoms with Crippen molar-refractivity contribution in [1.29, 1.82) is 0 Å². The van der Waals surface area contributed by atoms with E-state index in [0.717, 1.165) is 44.9 Å². The molecule has 1 atom stereocenters. The average Bonchev–Trinajstić information content (AvgIpc) is 3.08. The minimum atomic E-state index is -0.532. The van der Waals surface area contributed by atoms with E-state index in [9.17, 15) is 9.90 Å². The zero-order chi connectivity index (χ0) is 34.1. The molecule has 4 nitrogen and oxygen atoms in total. The third kappa shape index (κ3) is 38.7. The summed E-state index contributed by atoms with van der Waals surface area (Å²) in [4.78, 5) is 12.1. The number of hydrogen-bond donors (Lipinski definition) is 1. The summed E-state index contributed by atoms with van der Waals surface area (Å²) in [5.74, 6) is -0.203. The Morgan fingerprint density at radius 3 is 1.45 bits per heavy atom. The molecule has 0 spiro atoms. The average molecular weight is 659 g/mol. The molecule has 274 valence electrons. The van der Waals surface area contributed by atoms with Gasteiger partial charge >= 0.3 is 5.97 Å². The number of unbranched alkanes of at least 4 members (excludes halogenated alkanes) is 21. The Balaban J connectivity index is 3.41. The molecule has 0 aliphatic heterocycles. The molecule has 0 aromatic rings. The molecule has 0 amide bonds. The minimum Gasteiger partial charge on any atom is -0.457 e. The Morgan fingerprint density at radius 2 is 0.957 bits per heavy atom. The van der Waals surface area contributed by atoms with Crippen molar-refractivity contribution in [3.05, 3.63) is 48.6 Å². The van der Waals surface area contributed by atoms with E-state index >= 15 is 0 Å². The van der Waals surface area contributed by atoms with Gasteiger partial charge in [-0.25, -0.2) is 0 Å². The molecule has 0 radical (unpaired) electrons. The van der Waals surface area contributed by atoms with Crippen LogP contribution in [0.4, 0.5) is 0 Å². The predicted molar refractivity (Wildman–Crippen MR) is 205 cm³/mol. The highest BCUT2D eigenvalue weighted by Gasteiger charge is 2.13. The van der Waals surface area contributed by atoms with E-state index in [-0.39, 0.29) is 12.6 Å². The van der Waals surface area contributed by atoms with Gasteiger partial charge in [0.1, 0.15) is 6.10 Å². The summed E-state index contributed by atoms with van der Waals surface area (Å²) in [6, 6.07) is 0. The van der Waals surface area contributed by atoms with Crippen molar-refractivity contribution in [3.8, 4) is 0 Å². The molecule has 0 heterocycles. The SMILES string of the molecule is CC/C=C\C/C=C\C/C=C\C/C=C\CCCCCCCCCCCCCOCC(CO)OC(=O)CCCCCCCCCCCCC. The second-order valence-electron chi connectivity index (χ2n) is 13.3. The van der Waals surface area contributed by atoms with Crippen molar-refractivity contribution in [1.82, 2.24) is 0 Å². The van der Waals surface area contributed by atoms with Gasteiger partial charge in [-0.2, -0.15) is 0 Å². The van der Waals surface area contributed by atoms with Crippen molar-refractivity contribution in [2.45, 2.75) is 200 Å². The Kier molecular flexibility index (Phi) is 39.1. The molecule has 0 aliphatic rings. The van der Waals surface area contributed by atoms with E-state index in [0.29, 0.717) is 19.6 Å². The van der Waals surface area contributed by atoms with Gasteiger partial charge in [0, 0.05) is 13.0 Å². The van der Waals surface area contributed by atoms with Gasteiger partial charge in [-0.3, -0.25) is 4.79 Å². The van der Waals surface area contributed by atoms with Crippen LogP contribution in [-0.4, -0.2) is 37.0 Å². The van der Waals surface area contributed by atoms with E-state index in [1.54, 1.807) is 0 Å². The third-order valence-corrected chi connectivity index (χ3v) is 8.67. The lowest BCUT2D eigenvalue weighted by Crippen LogP contribution is -2.27. The highest BCUT2D eigenvalue weighted by Crippen LogP contribution is 2.14. The van der Waals surface area contributed by atoms with Crippen LogP contribution >= 0.6 is 0 Å². The first kappa shape index (κ1) is 45.3. The first-order valence-corrected chi connectivity index (χ1v) is 20.2. The zero-order valence-electron chi connectivity index (χ0n) is 31.3. The van der Waals surface area contributed by atoms with E-state index in [2.05, 4.69) is 62.5 Å². The summed E-state index contributed by atoms with van der Waals surface area (Å²) in [5, 5.41) is 9.56. The van der Waals surface area contributed by atoms with Gasteiger partial charge in [-0.1, -0.05) is 184 Å². The lowest BCUT2D eigenvalue weighted by molar-refractivity contribution is -0.154.